The van der Waals surface area contributed by atoms with Crippen LogP contribution in [0.1, 0.15) is 66.2 Å². The topological polar surface area (TPSA) is 44.8 Å². The number of hydrogen-bond donors (Lipinski definition) is 0. The average Bonchev–Trinajstić information content (AvgIpc) is 2.98. The van der Waals surface area contributed by atoms with Crippen LogP contribution in [0, 0.1) is 16.7 Å². The minimum atomic E-state index is -0.427. The van der Waals surface area contributed by atoms with Gasteiger partial charge < -0.3 is 14.2 Å². The lowest BCUT2D eigenvalue weighted by Gasteiger charge is -2.64. The molecule has 0 unspecified atom stereocenters. The predicted molar refractivity (Wildman–Crippen MR) is 92.4 cm³/mol. The summed E-state index contributed by atoms with van der Waals surface area (Å²) in [5.74, 6) is -0.251. The maximum Gasteiger partial charge on any atom is 0.305 e. The highest BCUT2D eigenvalue weighted by atomic mass is 16.7. The molecule has 1 saturated heterocycles. The second-order valence-electron chi connectivity index (χ2n) is 8.39. The van der Waals surface area contributed by atoms with Crippen LogP contribution in [-0.4, -0.2) is 31.1 Å². The lowest BCUT2D eigenvalue weighted by atomic mass is 9.44. The first kappa shape index (κ1) is 17.9. The molecule has 4 heteroatoms. The molecule has 0 amide bonds. The monoisotopic (exact) mass is 336 g/mol. The molecule has 1 aliphatic heterocycles. The third-order valence-corrected chi connectivity index (χ3v) is 7.06. The quantitative estimate of drug-likeness (QED) is 0.556. The second-order valence-corrected chi connectivity index (χ2v) is 8.39. The Bertz CT molecular complexity index is 522. The van der Waals surface area contributed by atoms with Gasteiger partial charge in [-0.2, -0.15) is 0 Å². The Morgan fingerprint density at radius 1 is 1.38 bits per heavy atom. The van der Waals surface area contributed by atoms with Gasteiger partial charge in [-0.15, -0.1) is 0 Å². The summed E-state index contributed by atoms with van der Waals surface area (Å²) in [6.07, 6.45) is 5.50. The maximum atomic E-state index is 11.5. The zero-order valence-electron chi connectivity index (χ0n) is 15.7. The molecular weight excluding hydrogens is 304 g/mol. The van der Waals surface area contributed by atoms with E-state index in [1.165, 1.54) is 12.0 Å². The van der Waals surface area contributed by atoms with E-state index < -0.39 is 5.79 Å². The largest absolute Gasteiger partial charge is 0.463 e. The number of fused-ring (bicyclic) bond motifs is 2. The van der Waals surface area contributed by atoms with E-state index in [0.717, 1.165) is 25.7 Å². The molecule has 0 aromatic heterocycles. The van der Waals surface area contributed by atoms with Crippen molar-refractivity contribution in [3.63, 3.8) is 0 Å². The average molecular weight is 336 g/mol. The Morgan fingerprint density at radius 2 is 2.04 bits per heavy atom. The zero-order valence-corrected chi connectivity index (χ0v) is 15.7. The van der Waals surface area contributed by atoms with Crippen molar-refractivity contribution in [2.45, 2.75) is 78.1 Å². The smallest absolute Gasteiger partial charge is 0.305 e. The summed E-state index contributed by atoms with van der Waals surface area (Å²) in [7, 11) is 0. The van der Waals surface area contributed by atoms with Gasteiger partial charge in [0.05, 0.1) is 19.3 Å². The van der Waals surface area contributed by atoms with Crippen molar-refractivity contribution >= 4 is 5.97 Å². The minimum absolute atomic E-state index is 0.0425. The van der Waals surface area contributed by atoms with E-state index in [1.54, 1.807) is 0 Å². The molecule has 0 N–H and O–H groups in total. The highest BCUT2D eigenvalue weighted by Crippen LogP contribution is 2.68. The van der Waals surface area contributed by atoms with Crippen LogP contribution in [0.15, 0.2) is 12.2 Å². The molecular formula is C20H32O4. The number of carbonyl (C=O) groups excluding carboxylic acids is 1. The van der Waals surface area contributed by atoms with Gasteiger partial charge in [-0.1, -0.05) is 32.9 Å². The third-order valence-electron chi connectivity index (χ3n) is 7.06. The Labute approximate surface area is 145 Å². The standard InChI is InChI=1S/C20H32O4/c1-6-17(21)24-14(2)7-10-19(5)15(3)16-8-9-18(19,4)13-20(16)22-11-12-23-20/h14,16H,3,6-13H2,1-2,4-5H3/t14-,16+,18+,19+/m1/s1. The van der Waals surface area contributed by atoms with Crippen LogP contribution in [0.2, 0.25) is 0 Å². The Kier molecular flexibility index (Phi) is 4.59. The second kappa shape index (κ2) is 6.14. The van der Waals surface area contributed by atoms with E-state index in [4.69, 9.17) is 14.2 Å². The normalized spacial score (nSPS) is 38.5. The lowest BCUT2D eigenvalue weighted by Crippen LogP contribution is -2.61. The number of ether oxygens (including phenoxy) is 3. The van der Waals surface area contributed by atoms with Crippen molar-refractivity contribution < 1.29 is 19.0 Å². The molecule has 136 valence electrons. The summed E-state index contributed by atoms with van der Waals surface area (Å²) in [6.45, 7) is 14.4. The molecule has 0 aromatic carbocycles. The Hall–Kier alpha value is -0.870. The maximum absolute atomic E-state index is 11.5. The number of esters is 1. The summed E-state index contributed by atoms with van der Waals surface area (Å²) < 4.78 is 17.6. The summed E-state index contributed by atoms with van der Waals surface area (Å²) in [5, 5.41) is 0. The Balaban J connectivity index is 1.73. The molecule has 4 aliphatic rings. The van der Waals surface area contributed by atoms with E-state index in [1.807, 2.05) is 13.8 Å². The molecule has 2 bridgehead atoms. The van der Waals surface area contributed by atoms with Crippen LogP contribution in [0.5, 0.6) is 0 Å². The fraction of sp³-hybridized carbons (Fsp3) is 0.850. The van der Waals surface area contributed by atoms with Gasteiger partial charge >= 0.3 is 5.97 Å². The fourth-order valence-corrected chi connectivity index (χ4v) is 5.22. The predicted octanol–water partition coefficient (Wildman–Crippen LogP) is 4.23. The van der Waals surface area contributed by atoms with Gasteiger partial charge in [0.1, 0.15) is 0 Å². The van der Waals surface area contributed by atoms with Crippen LogP contribution in [0.25, 0.3) is 0 Å². The van der Waals surface area contributed by atoms with Gasteiger partial charge in [0.15, 0.2) is 5.79 Å². The van der Waals surface area contributed by atoms with Gasteiger partial charge in [-0.25, -0.2) is 0 Å². The zero-order chi connectivity index (χ0) is 17.6. The summed E-state index contributed by atoms with van der Waals surface area (Å²) >= 11 is 0. The van der Waals surface area contributed by atoms with Crippen molar-refractivity contribution in [1.29, 1.82) is 0 Å². The first-order valence-corrected chi connectivity index (χ1v) is 9.43. The van der Waals surface area contributed by atoms with Crippen LogP contribution in [-0.2, 0) is 19.0 Å². The minimum Gasteiger partial charge on any atom is -0.463 e. The van der Waals surface area contributed by atoms with Crippen LogP contribution >= 0.6 is 0 Å². The lowest BCUT2D eigenvalue weighted by molar-refractivity contribution is -0.263. The third kappa shape index (κ3) is 2.62. The molecule has 4 atom stereocenters. The van der Waals surface area contributed by atoms with Crippen molar-refractivity contribution in [3.05, 3.63) is 12.2 Å². The summed E-state index contributed by atoms with van der Waals surface area (Å²) in [5.41, 5.74) is 1.44. The van der Waals surface area contributed by atoms with E-state index >= 15 is 0 Å². The van der Waals surface area contributed by atoms with Gasteiger partial charge in [0, 0.05) is 18.8 Å². The van der Waals surface area contributed by atoms with Gasteiger partial charge in [0.2, 0.25) is 0 Å². The highest BCUT2D eigenvalue weighted by molar-refractivity contribution is 5.69. The van der Waals surface area contributed by atoms with Gasteiger partial charge in [-0.3, -0.25) is 4.79 Å². The molecule has 3 aliphatic carbocycles. The number of rotatable bonds is 5. The van der Waals surface area contributed by atoms with Crippen molar-refractivity contribution in [2.75, 3.05) is 13.2 Å². The number of hydrogen-bond acceptors (Lipinski definition) is 4. The molecule has 3 saturated carbocycles. The molecule has 0 radical (unpaired) electrons. The van der Waals surface area contributed by atoms with E-state index in [0.29, 0.717) is 25.6 Å². The van der Waals surface area contributed by atoms with E-state index in [9.17, 15) is 4.79 Å². The molecule has 4 nitrogen and oxygen atoms in total. The molecule has 1 heterocycles. The molecule has 24 heavy (non-hydrogen) atoms. The summed E-state index contributed by atoms with van der Waals surface area (Å²) in [6, 6.07) is 0. The fourth-order valence-electron chi connectivity index (χ4n) is 5.22. The van der Waals surface area contributed by atoms with Crippen molar-refractivity contribution in [1.82, 2.24) is 0 Å². The Morgan fingerprint density at radius 3 is 2.62 bits per heavy atom. The number of carbonyl (C=O) groups is 1. The first-order valence-electron chi connectivity index (χ1n) is 9.43. The van der Waals surface area contributed by atoms with Crippen LogP contribution in [0.4, 0.5) is 0 Å². The SMILES string of the molecule is C=C1[C@@H]2CC[C@@](C)(CC23OCCO3)[C@@]1(C)CC[C@@H](C)OC(=O)CC. The molecule has 0 aromatic rings. The highest BCUT2D eigenvalue weighted by Gasteiger charge is 2.65. The first-order chi connectivity index (χ1) is 11.3. The van der Waals surface area contributed by atoms with E-state index in [-0.39, 0.29) is 22.9 Å². The molecule has 4 fully saturated rings. The van der Waals surface area contributed by atoms with Gasteiger partial charge in [0.25, 0.3) is 0 Å². The van der Waals surface area contributed by atoms with Crippen LogP contribution in [0.3, 0.4) is 0 Å². The van der Waals surface area contributed by atoms with Crippen molar-refractivity contribution in [2.24, 2.45) is 16.7 Å². The van der Waals surface area contributed by atoms with Crippen molar-refractivity contribution in [3.8, 4) is 0 Å². The van der Waals surface area contributed by atoms with Crippen LogP contribution < -0.4 is 0 Å². The molecule has 4 rings (SSSR count). The van der Waals surface area contributed by atoms with E-state index in [2.05, 4.69) is 20.4 Å². The van der Waals surface area contributed by atoms with Gasteiger partial charge in [-0.05, 0) is 43.4 Å². The summed E-state index contributed by atoms with van der Waals surface area (Å²) in [4.78, 5) is 11.5. The molecule has 1 spiro atoms.